The fourth-order valence-electron chi connectivity index (χ4n) is 8.40. The van der Waals surface area contributed by atoms with E-state index in [1.54, 1.807) is 0 Å². The molecule has 2 nitrogen and oxygen atoms in total. The van der Waals surface area contributed by atoms with Crippen LogP contribution in [0.1, 0.15) is 5.56 Å². The molecule has 0 aliphatic carbocycles. The molecular formula is C54H38N2. The monoisotopic (exact) mass is 714 g/mol. The van der Waals surface area contributed by atoms with Crippen LogP contribution in [0.5, 0.6) is 0 Å². The summed E-state index contributed by atoms with van der Waals surface area (Å²) in [6.45, 7) is 4.55. The van der Waals surface area contributed by atoms with E-state index in [1.165, 1.54) is 82.0 Å². The first-order valence-electron chi connectivity index (χ1n) is 19.2. The zero-order valence-corrected chi connectivity index (χ0v) is 30.9. The molecule has 0 N–H and O–H groups in total. The van der Waals surface area contributed by atoms with Gasteiger partial charge < -0.3 is 4.90 Å². The van der Waals surface area contributed by atoms with Gasteiger partial charge in [0.1, 0.15) is 0 Å². The Morgan fingerprint density at radius 1 is 0.375 bits per heavy atom. The van der Waals surface area contributed by atoms with Gasteiger partial charge in [0.15, 0.2) is 0 Å². The average Bonchev–Trinajstić information content (AvgIpc) is 3.27. The molecule has 0 atom stereocenters. The van der Waals surface area contributed by atoms with E-state index in [0.717, 1.165) is 17.1 Å². The zero-order chi connectivity index (χ0) is 37.4. The molecule has 0 fully saturated rings. The van der Waals surface area contributed by atoms with E-state index >= 15 is 0 Å². The first kappa shape index (κ1) is 33.3. The minimum absolute atomic E-state index is 0.696. The fourth-order valence-corrected chi connectivity index (χ4v) is 8.40. The summed E-state index contributed by atoms with van der Waals surface area (Å²) in [6.07, 6.45) is 0. The van der Waals surface area contributed by atoms with Crippen molar-refractivity contribution in [3.05, 3.63) is 212 Å². The molecule has 0 aliphatic heterocycles. The summed E-state index contributed by atoms with van der Waals surface area (Å²) < 4.78 is 0. The van der Waals surface area contributed by atoms with E-state index in [1.807, 2.05) is 12.1 Å². The number of para-hydroxylation sites is 3. The van der Waals surface area contributed by atoms with Gasteiger partial charge in [0.05, 0.1) is 11.4 Å². The summed E-state index contributed by atoms with van der Waals surface area (Å²) >= 11 is 0. The van der Waals surface area contributed by atoms with Crippen LogP contribution in [0.15, 0.2) is 211 Å². The fraction of sp³-hybridized carbons (Fsp3) is 0.0185. The van der Waals surface area contributed by atoms with Crippen molar-refractivity contribution >= 4 is 66.9 Å². The summed E-state index contributed by atoms with van der Waals surface area (Å²) in [5, 5.41) is 9.97. The summed E-state index contributed by atoms with van der Waals surface area (Å²) in [5.74, 6) is 0. The lowest BCUT2D eigenvalue weighted by Crippen LogP contribution is -2.16. The summed E-state index contributed by atoms with van der Waals surface area (Å²) in [5.41, 5.74) is 11.6. The molecule has 0 aliphatic rings. The predicted octanol–water partition coefficient (Wildman–Crippen LogP) is 15.0. The Labute approximate surface area is 327 Å². The smallest absolute Gasteiger partial charge is 0.0859 e. The van der Waals surface area contributed by atoms with Crippen LogP contribution in [0.4, 0.5) is 17.1 Å². The van der Waals surface area contributed by atoms with E-state index in [4.69, 9.17) is 0 Å². The van der Waals surface area contributed by atoms with Crippen LogP contribution in [0.2, 0.25) is 0 Å². The molecule has 0 radical (unpaired) electrons. The van der Waals surface area contributed by atoms with Gasteiger partial charge in [-0.05, 0) is 131 Å². The Morgan fingerprint density at radius 3 is 1.52 bits per heavy atom. The van der Waals surface area contributed by atoms with E-state index < -0.39 is 0 Å². The van der Waals surface area contributed by atoms with Gasteiger partial charge >= 0.3 is 0 Å². The number of aliphatic imine (C=N–C) groups is 1. The largest absolute Gasteiger partial charge is 0.335 e. The minimum atomic E-state index is 0.696. The molecule has 10 rings (SSSR count). The highest BCUT2D eigenvalue weighted by Gasteiger charge is 2.19. The van der Waals surface area contributed by atoms with Crippen LogP contribution >= 0.6 is 0 Å². The van der Waals surface area contributed by atoms with Crippen LogP contribution in [-0.2, 0) is 6.54 Å². The van der Waals surface area contributed by atoms with Crippen LogP contribution < -0.4 is 4.90 Å². The van der Waals surface area contributed by atoms with Gasteiger partial charge in [0, 0.05) is 12.2 Å². The number of hydrogen-bond acceptors (Lipinski definition) is 2. The van der Waals surface area contributed by atoms with Gasteiger partial charge in [-0.25, -0.2) is 0 Å². The van der Waals surface area contributed by atoms with Crippen LogP contribution in [0, 0.1) is 0 Å². The van der Waals surface area contributed by atoms with Crippen molar-refractivity contribution in [2.24, 2.45) is 4.99 Å². The van der Waals surface area contributed by atoms with E-state index in [0.29, 0.717) is 6.54 Å². The van der Waals surface area contributed by atoms with Crippen molar-refractivity contribution in [1.29, 1.82) is 0 Å². The average molecular weight is 715 g/mol. The second kappa shape index (κ2) is 14.2. The molecule has 2 heteroatoms. The van der Waals surface area contributed by atoms with Crippen molar-refractivity contribution in [3.8, 4) is 33.4 Å². The summed E-state index contributed by atoms with van der Waals surface area (Å²) in [7, 11) is 0. The van der Waals surface area contributed by atoms with Crippen molar-refractivity contribution in [2.75, 3.05) is 4.90 Å². The Hall–Kier alpha value is -7.29. The van der Waals surface area contributed by atoms with Gasteiger partial charge in [-0.15, -0.1) is 0 Å². The maximum atomic E-state index is 4.35. The highest BCUT2D eigenvalue weighted by atomic mass is 15.1. The molecule has 0 heterocycles. The molecule has 264 valence electrons. The second-order valence-electron chi connectivity index (χ2n) is 14.4. The number of rotatable bonds is 8. The third-order valence-corrected chi connectivity index (χ3v) is 11.1. The Balaban J connectivity index is 1.13. The first-order chi connectivity index (χ1) is 27.7. The predicted molar refractivity (Wildman–Crippen MR) is 241 cm³/mol. The molecule has 0 unspecified atom stereocenters. The van der Waals surface area contributed by atoms with Crippen molar-refractivity contribution in [2.45, 2.75) is 6.54 Å². The molecule has 56 heavy (non-hydrogen) atoms. The highest BCUT2D eigenvalue weighted by Crippen LogP contribution is 2.46. The lowest BCUT2D eigenvalue weighted by molar-refractivity contribution is 0.975. The Morgan fingerprint density at radius 2 is 0.875 bits per heavy atom. The topological polar surface area (TPSA) is 15.6 Å². The molecular weight excluding hydrogens is 677 g/mol. The lowest BCUT2D eigenvalue weighted by atomic mass is 9.84. The standard InChI is InChI=1S/C54H38N2/c1-55-51-21-11-12-22-52(51)56(46-17-3-2-4-18-46)36-37-23-25-40(26-24-37)43-31-32-49-50(35-43)54(45-30-28-39-14-6-8-16-42(39)34-45)48-20-10-9-19-47(48)53(49)44-29-27-38-13-5-7-15-41(38)33-44/h2-35H,1,36H2. The molecule has 0 amide bonds. The third-order valence-electron chi connectivity index (χ3n) is 11.1. The van der Waals surface area contributed by atoms with E-state index in [2.05, 4.69) is 211 Å². The summed E-state index contributed by atoms with van der Waals surface area (Å²) in [4.78, 5) is 6.66. The van der Waals surface area contributed by atoms with Crippen LogP contribution in [0.25, 0.3) is 76.5 Å². The number of hydrogen-bond donors (Lipinski definition) is 0. The van der Waals surface area contributed by atoms with E-state index in [9.17, 15) is 0 Å². The van der Waals surface area contributed by atoms with Gasteiger partial charge in [0.2, 0.25) is 0 Å². The Bertz CT molecular complexity index is 3070. The Kier molecular flexibility index (Phi) is 8.42. The third kappa shape index (κ3) is 5.98. The normalized spacial score (nSPS) is 11.4. The van der Waals surface area contributed by atoms with Gasteiger partial charge in [-0.1, -0.05) is 164 Å². The van der Waals surface area contributed by atoms with Gasteiger partial charge in [-0.3, -0.25) is 4.99 Å². The molecule has 0 saturated carbocycles. The minimum Gasteiger partial charge on any atom is -0.335 e. The SMILES string of the molecule is C=Nc1ccccc1N(Cc1ccc(-c2ccc3c(-c4ccc5ccccc5c4)c4ccccc4c(-c4ccc5ccccc5c4)c3c2)cc1)c1ccccc1. The van der Waals surface area contributed by atoms with Crippen molar-refractivity contribution in [1.82, 2.24) is 0 Å². The molecule has 0 saturated heterocycles. The molecule has 0 spiro atoms. The second-order valence-corrected chi connectivity index (χ2v) is 14.4. The number of nitrogens with zero attached hydrogens (tertiary/aromatic N) is 2. The molecule has 10 aromatic rings. The number of benzene rings is 10. The first-order valence-corrected chi connectivity index (χ1v) is 19.2. The molecule has 10 aromatic carbocycles. The zero-order valence-electron chi connectivity index (χ0n) is 30.9. The maximum absolute atomic E-state index is 4.35. The van der Waals surface area contributed by atoms with Crippen molar-refractivity contribution in [3.63, 3.8) is 0 Å². The molecule has 0 aromatic heterocycles. The van der Waals surface area contributed by atoms with E-state index in [-0.39, 0.29) is 0 Å². The van der Waals surface area contributed by atoms with Crippen LogP contribution in [0.3, 0.4) is 0 Å². The van der Waals surface area contributed by atoms with Crippen molar-refractivity contribution < 1.29 is 0 Å². The number of anilines is 2. The number of fused-ring (bicyclic) bond motifs is 4. The van der Waals surface area contributed by atoms with Gasteiger partial charge in [0.25, 0.3) is 0 Å². The van der Waals surface area contributed by atoms with Crippen LogP contribution in [-0.4, -0.2) is 6.72 Å². The summed E-state index contributed by atoms with van der Waals surface area (Å²) in [6, 6.07) is 74.8. The quantitative estimate of drug-likeness (QED) is 0.113. The maximum Gasteiger partial charge on any atom is 0.0859 e. The highest BCUT2D eigenvalue weighted by molar-refractivity contribution is 6.22. The lowest BCUT2D eigenvalue weighted by Gasteiger charge is -2.26. The molecule has 0 bridgehead atoms. The van der Waals surface area contributed by atoms with Gasteiger partial charge in [-0.2, -0.15) is 0 Å².